The molecule has 14 heteroatoms. The van der Waals surface area contributed by atoms with E-state index in [4.69, 9.17) is 34.8 Å². The zero-order valence-electron chi connectivity index (χ0n) is 24.2. The van der Waals surface area contributed by atoms with Crippen molar-refractivity contribution >= 4 is 69.5 Å². The first kappa shape index (κ1) is 41.2. The fourth-order valence-corrected chi connectivity index (χ4v) is 3.38. The van der Waals surface area contributed by atoms with E-state index in [2.05, 4.69) is 19.7 Å². The zero-order chi connectivity index (χ0) is 35.6. The Balaban J connectivity index is 0.000000666. The Morgan fingerprint density at radius 3 is 1.47 bits per heavy atom. The van der Waals surface area contributed by atoms with Crippen LogP contribution in [-0.4, -0.2) is 52.7 Å². The summed E-state index contributed by atoms with van der Waals surface area (Å²) in [6.07, 6.45) is -1.72. The molecule has 0 N–H and O–H groups in total. The molecule has 0 aliphatic heterocycles. The summed E-state index contributed by atoms with van der Waals surface area (Å²) in [4.78, 5) is 66.8. The minimum absolute atomic E-state index is 0.0270. The van der Waals surface area contributed by atoms with Gasteiger partial charge in [0.25, 0.3) is 0 Å². The number of allylic oxidation sites excluding steroid dienone is 3. The Kier molecular flexibility index (Phi) is 15.6. The van der Waals surface area contributed by atoms with Crippen LogP contribution in [0, 0.1) is 0 Å². The highest BCUT2D eigenvalue weighted by atomic mass is 35.5. The lowest BCUT2D eigenvalue weighted by Gasteiger charge is -2.11. The number of rotatable bonds is 11. The van der Waals surface area contributed by atoms with Crippen molar-refractivity contribution in [3.63, 3.8) is 0 Å². The fraction of sp³-hybridized carbons (Fsp3) is 0.226. The second-order valence-electron chi connectivity index (χ2n) is 9.20. The van der Waals surface area contributed by atoms with Gasteiger partial charge in [-0.3, -0.25) is 28.8 Å². The summed E-state index contributed by atoms with van der Waals surface area (Å²) in [5.41, 5.74) is -1.64. The van der Waals surface area contributed by atoms with Crippen molar-refractivity contribution in [3.8, 4) is 0 Å². The Bertz CT molecular complexity index is 1540. The number of benzene rings is 2. The molecular weight excluding hydrogens is 670 g/mol. The maximum Gasteiger partial charge on any atom is 0.307 e. The van der Waals surface area contributed by atoms with Gasteiger partial charge in [-0.15, -0.1) is 0 Å². The molecule has 0 aliphatic rings. The molecule has 0 bridgehead atoms. The summed E-state index contributed by atoms with van der Waals surface area (Å²) in [7, 11) is 0. The van der Waals surface area contributed by atoms with Crippen LogP contribution in [0.5, 0.6) is 0 Å². The average molecular weight is 696 g/mol. The number of alkyl halides is 5. The number of hydrogen-bond acceptors (Lipinski definition) is 6. The molecule has 1 atom stereocenters. The summed E-state index contributed by atoms with van der Waals surface area (Å²) in [5.74, 6) is -13.4. The second kappa shape index (κ2) is 17.0. The SMILES string of the molecule is C=C(C(=O)c1ccc(Cl)cc1)C(=O)C(C)F.C=C(C(=O)c1ccc(Cl)cc1Cl)C(=O)C(C)(F)F.C=C(C(C)=O)C(=O)C(C)(F)F. The molecule has 0 aliphatic carbocycles. The summed E-state index contributed by atoms with van der Waals surface area (Å²) in [6.45, 7) is 12.3. The van der Waals surface area contributed by atoms with Crippen LogP contribution in [0.3, 0.4) is 0 Å². The van der Waals surface area contributed by atoms with Crippen molar-refractivity contribution in [3.05, 3.63) is 105 Å². The third-order valence-electron chi connectivity index (χ3n) is 5.26. The maximum absolute atomic E-state index is 12.8. The van der Waals surface area contributed by atoms with E-state index in [0.29, 0.717) is 18.9 Å². The highest BCUT2D eigenvalue weighted by Crippen LogP contribution is 2.26. The standard InChI is InChI=1S/C12H8Cl2F2O2.C12H10ClFO2.C7H8F2O2/c1-6(11(18)12(2,15)16)10(17)8-4-3-7(13)5-9(8)14;1-7(11(15)8(2)14)12(16)9-3-5-10(13)6-4-9;1-4(5(2)10)6(11)7(3,8)9/h3-5H,1H2,2H3;3-6,8H,1H2,2H3;1H2,2-3H3. The first-order chi connectivity index (χ1) is 20.3. The van der Waals surface area contributed by atoms with Gasteiger partial charge < -0.3 is 0 Å². The van der Waals surface area contributed by atoms with Crippen molar-refractivity contribution in [1.82, 2.24) is 0 Å². The average Bonchev–Trinajstić information content (AvgIpc) is 2.94. The molecule has 0 aromatic heterocycles. The topological polar surface area (TPSA) is 102 Å². The lowest BCUT2D eigenvalue weighted by atomic mass is 9.99. The fourth-order valence-electron chi connectivity index (χ4n) is 2.76. The van der Waals surface area contributed by atoms with E-state index < -0.39 is 63.9 Å². The van der Waals surface area contributed by atoms with Crippen molar-refractivity contribution in [2.24, 2.45) is 0 Å². The first-order valence-corrected chi connectivity index (χ1v) is 13.4. The third kappa shape index (κ3) is 13.0. The van der Waals surface area contributed by atoms with E-state index in [1.54, 1.807) is 0 Å². The zero-order valence-corrected chi connectivity index (χ0v) is 26.5. The summed E-state index contributed by atoms with van der Waals surface area (Å²) < 4.78 is 62.6. The predicted molar refractivity (Wildman–Crippen MR) is 162 cm³/mol. The number of Topliss-reactive ketones (excluding diaryl/α,β-unsaturated/α-hetero) is 6. The van der Waals surface area contributed by atoms with E-state index in [-0.39, 0.29) is 26.7 Å². The second-order valence-corrected chi connectivity index (χ2v) is 10.5. The minimum atomic E-state index is -3.65. The Hall–Kier alpha value is -3.80. The molecule has 6 nitrogen and oxygen atoms in total. The molecular formula is C31H26Cl3F5O6. The lowest BCUT2D eigenvalue weighted by Crippen LogP contribution is -2.29. The van der Waals surface area contributed by atoms with Gasteiger partial charge >= 0.3 is 11.8 Å². The van der Waals surface area contributed by atoms with Crippen molar-refractivity contribution in [2.75, 3.05) is 0 Å². The molecule has 1 unspecified atom stereocenters. The van der Waals surface area contributed by atoms with E-state index in [1.165, 1.54) is 42.5 Å². The molecule has 0 radical (unpaired) electrons. The summed E-state index contributed by atoms with van der Waals surface area (Å²) in [6, 6.07) is 9.86. The van der Waals surface area contributed by atoms with Crippen LogP contribution in [0.4, 0.5) is 22.0 Å². The van der Waals surface area contributed by atoms with Gasteiger partial charge in [0.2, 0.25) is 11.6 Å². The highest BCUT2D eigenvalue weighted by molar-refractivity contribution is 6.39. The van der Waals surface area contributed by atoms with Crippen molar-refractivity contribution in [1.29, 1.82) is 0 Å². The molecule has 2 aromatic rings. The van der Waals surface area contributed by atoms with Crippen LogP contribution >= 0.6 is 34.8 Å². The van der Waals surface area contributed by atoms with Gasteiger partial charge in [-0.2, -0.15) is 17.6 Å². The number of hydrogen-bond donors (Lipinski definition) is 0. The summed E-state index contributed by atoms with van der Waals surface area (Å²) in [5, 5.41) is 0.738. The molecule has 0 spiro atoms. The van der Waals surface area contributed by atoms with Gasteiger partial charge in [0.15, 0.2) is 29.3 Å². The van der Waals surface area contributed by atoms with E-state index in [9.17, 15) is 50.7 Å². The Labute approximate surface area is 270 Å². The van der Waals surface area contributed by atoms with Crippen LogP contribution < -0.4 is 0 Å². The Morgan fingerprint density at radius 1 is 0.689 bits per heavy atom. The molecule has 0 saturated carbocycles. The van der Waals surface area contributed by atoms with Crippen LogP contribution in [-0.2, 0) is 19.2 Å². The molecule has 0 fully saturated rings. The predicted octanol–water partition coefficient (Wildman–Crippen LogP) is 8.32. The quantitative estimate of drug-likeness (QED) is 0.0771. The molecule has 0 saturated heterocycles. The van der Waals surface area contributed by atoms with E-state index in [0.717, 1.165) is 13.8 Å². The molecule has 2 aromatic carbocycles. The smallest absolute Gasteiger partial charge is 0.294 e. The normalized spacial score (nSPS) is 11.4. The van der Waals surface area contributed by atoms with E-state index >= 15 is 0 Å². The largest absolute Gasteiger partial charge is 0.307 e. The highest BCUT2D eigenvalue weighted by Gasteiger charge is 2.37. The molecule has 45 heavy (non-hydrogen) atoms. The van der Waals surface area contributed by atoms with E-state index in [1.807, 2.05) is 0 Å². The maximum atomic E-state index is 12.8. The van der Waals surface area contributed by atoms with Crippen LogP contribution in [0.15, 0.2) is 78.9 Å². The van der Waals surface area contributed by atoms with Gasteiger partial charge in [-0.1, -0.05) is 54.5 Å². The van der Waals surface area contributed by atoms with Gasteiger partial charge in [0.05, 0.1) is 21.7 Å². The first-order valence-electron chi connectivity index (χ1n) is 12.3. The Morgan fingerprint density at radius 2 is 1.11 bits per heavy atom. The molecule has 0 heterocycles. The molecule has 242 valence electrons. The number of halogens is 8. The van der Waals surface area contributed by atoms with Gasteiger partial charge in [0, 0.05) is 35.0 Å². The number of carbonyl (C=O) groups is 6. The minimum Gasteiger partial charge on any atom is -0.294 e. The van der Waals surface area contributed by atoms with Crippen LogP contribution in [0.2, 0.25) is 15.1 Å². The molecule has 0 amide bonds. The van der Waals surface area contributed by atoms with Crippen molar-refractivity contribution in [2.45, 2.75) is 45.7 Å². The molecule has 2 rings (SSSR count). The van der Waals surface area contributed by atoms with Gasteiger partial charge in [0.1, 0.15) is 0 Å². The van der Waals surface area contributed by atoms with Crippen molar-refractivity contribution < 1.29 is 50.7 Å². The number of carbonyl (C=O) groups excluding carboxylic acids is 6. The monoisotopic (exact) mass is 694 g/mol. The lowest BCUT2D eigenvalue weighted by molar-refractivity contribution is -0.137. The van der Waals surface area contributed by atoms with Gasteiger partial charge in [-0.25, -0.2) is 4.39 Å². The van der Waals surface area contributed by atoms with Crippen LogP contribution in [0.1, 0.15) is 48.4 Å². The third-order valence-corrected chi connectivity index (χ3v) is 6.06. The number of ketones is 6. The van der Waals surface area contributed by atoms with Gasteiger partial charge in [-0.05, 0) is 56.3 Å². The van der Waals surface area contributed by atoms with Crippen LogP contribution in [0.25, 0.3) is 0 Å². The summed E-state index contributed by atoms with van der Waals surface area (Å²) >= 11 is 17.0.